The van der Waals surface area contributed by atoms with Crippen molar-refractivity contribution in [1.29, 1.82) is 0 Å². The van der Waals surface area contributed by atoms with E-state index < -0.39 is 74.6 Å². The molecule has 2 aliphatic heterocycles. The highest BCUT2D eigenvalue weighted by molar-refractivity contribution is 4.93. The summed E-state index contributed by atoms with van der Waals surface area (Å²) in [6.45, 7) is -1.35. The second-order valence-electron chi connectivity index (χ2n) is 5.53. The third kappa shape index (κ3) is 3.65. The summed E-state index contributed by atoms with van der Waals surface area (Å²) in [5.41, 5.74) is 0. The van der Waals surface area contributed by atoms with Gasteiger partial charge in [-0.15, -0.1) is 0 Å². The molecule has 2 aliphatic rings. The van der Waals surface area contributed by atoms with Crippen molar-refractivity contribution in [3.8, 4) is 0 Å². The van der Waals surface area contributed by atoms with E-state index >= 15 is 0 Å². The predicted octanol–water partition coefficient (Wildman–Crippen LogP) is -5.40. The maximum absolute atomic E-state index is 9.94. The number of hydrogen-bond donors (Lipinski definition) is 8. The summed E-state index contributed by atoms with van der Waals surface area (Å²) in [5, 5.41) is 76.5. The summed E-state index contributed by atoms with van der Waals surface area (Å²) in [5.74, 6) is 0. The molecule has 2 fully saturated rings. The van der Waals surface area contributed by atoms with E-state index in [-0.39, 0.29) is 0 Å². The first kappa shape index (κ1) is 18.9. The van der Waals surface area contributed by atoms with Crippen molar-refractivity contribution >= 4 is 0 Å². The highest BCUT2D eigenvalue weighted by Gasteiger charge is 2.50. The van der Waals surface area contributed by atoms with E-state index in [1.54, 1.807) is 0 Å². The topological polar surface area (TPSA) is 190 Å². The Labute approximate surface area is 130 Å². The Bertz CT molecular complexity index is 378. The molecular formula is C12H22O11. The van der Waals surface area contributed by atoms with Gasteiger partial charge >= 0.3 is 0 Å². The molecule has 5 unspecified atom stereocenters. The van der Waals surface area contributed by atoms with Gasteiger partial charge in [-0.1, -0.05) is 0 Å². The van der Waals surface area contributed by atoms with Crippen LogP contribution in [0.3, 0.4) is 0 Å². The van der Waals surface area contributed by atoms with Gasteiger partial charge in [0.1, 0.15) is 48.8 Å². The second-order valence-corrected chi connectivity index (χ2v) is 5.53. The maximum Gasteiger partial charge on any atom is 0.187 e. The molecule has 23 heavy (non-hydrogen) atoms. The van der Waals surface area contributed by atoms with Gasteiger partial charge in [0.15, 0.2) is 12.6 Å². The molecule has 0 saturated carbocycles. The van der Waals surface area contributed by atoms with Crippen LogP contribution in [-0.2, 0) is 14.2 Å². The first-order valence-corrected chi connectivity index (χ1v) is 7.08. The fraction of sp³-hybridized carbons (Fsp3) is 1.00. The van der Waals surface area contributed by atoms with Crippen LogP contribution >= 0.6 is 0 Å². The van der Waals surface area contributed by atoms with Gasteiger partial charge in [-0.2, -0.15) is 0 Å². The molecule has 0 aliphatic carbocycles. The number of aliphatic hydroxyl groups is 8. The normalized spacial score (nSPS) is 51.7. The largest absolute Gasteiger partial charge is 0.394 e. The van der Waals surface area contributed by atoms with Crippen molar-refractivity contribution in [2.75, 3.05) is 13.2 Å². The lowest BCUT2D eigenvalue weighted by Gasteiger charge is -2.45. The molecule has 2 rings (SSSR count). The monoisotopic (exact) mass is 342 g/mol. The molecule has 0 spiro atoms. The van der Waals surface area contributed by atoms with E-state index in [2.05, 4.69) is 0 Å². The van der Waals surface area contributed by atoms with Crippen molar-refractivity contribution in [2.24, 2.45) is 0 Å². The average Bonchev–Trinajstić information content (AvgIpc) is 2.55. The van der Waals surface area contributed by atoms with Crippen molar-refractivity contribution in [3.63, 3.8) is 0 Å². The molecule has 0 aromatic heterocycles. The second kappa shape index (κ2) is 7.63. The summed E-state index contributed by atoms with van der Waals surface area (Å²) >= 11 is 0. The smallest absolute Gasteiger partial charge is 0.187 e. The zero-order valence-corrected chi connectivity index (χ0v) is 12.0. The van der Waals surface area contributed by atoms with Crippen molar-refractivity contribution < 1.29 is 55.1 Å². The zero-order chi connectivity index (χ0) is 17.3. The third-order valence-corrected chi connectivity index (χ3v) is 3.98. The number of hydrogen-bond acceptors (Lipinski definition) is 11. The van der Waals surface area contributed by atoms with E-state index in [0.29, 0.717) is 0 Å². The summed E-state index contributed by atoms with van der Waals surface area (Å²) < 4.78 is 15.3. The standard InChI is InChI=1S/C12H22O11/c13-1-3-5(15)6(16)9(19)12(22-3)23-10-4(2-14)21-11(20)8(18)7(10)17/h3-20H,1-2H2/t3?,4?,5-,6?,7?,8+,9+,10-,11?,12+/m1/s1. The van der Waals surface area contributed by atoms with Gasteiger partial charge in [-0.3, -0.25) is 0 Å². The van der Waals surface area contributed by atoms with Gasteiger partial charge < -0.3 is 55.1 Å². The summed E-state index contributed by atoms with van der Waals surface area (Å²) in [4.78, 5) is 0. The van der Waals surface area contributed by atoms with Crippen LogP contribution < -0.4 is 0 Å². The van der Waals surface area contributed by atoms with Crippen LogP contribution in [0.4, 0.5) is 0 Å². The van der Waals surface area contributed by atoms with Gasteiger partial charge in [0.25, 0.3) is 0 Å². The van der Waals surface area contributed by atoms with Gasteiger partial charge in [-0.25, -0.2) is 0 Å². The molecule has 11 nitrogen and oxygen atoms in total. The van der Waals surface area contributed by atoms with E-state index in [0.717, 1.165) is 0 Å². The number of rotatable bonds is 4. The highest BCUT2D eigenvalue weighted by atomic mass is 16.7. The van der Waals surface area contributed by atoms with Crippen LogP contribution in [0.2, 0.25) is 0 Å². The summed E-state index contributed by atoms with van der Waals surface area (Å²) in [6, 6.07) is 0. The summed E-state index contributed by atoms with van der Waals surface area (Å²) in [7, 11) is 0. The number of aliphatic hydroxyl groups excluding tert-OH is 8. The Morgan fingerprint density at radius 2 is 1.26 bits per heavy atom. The Morgan fingerprint density at radius 1 is 0.652 bits per heavy atom. The molecule has 0 aromatic rings. The average molecular weight is 342 g/mol. The predicted molar refractivity (Wildman–Crippen MR) is 68.6 cm³/mol. The van der Waals surface area contributed by atoms with Crippen LogP contribution in [0.25, 0.3) is 0 Å². The Kier molecular flexibility index (Phi) is 6.27. The van der Waals surface area contributed by atoms with E-state index in [9.17, 15) is 35.7 Å². The quantitative estimate of drug-likeness (QED) is 0.243. The first-order chi connectivity index (χ1) is 10.8. The number of ether oxygens (including phenoxy) is 3. The molecule has 136 valence electrons. The molecule has 0 aromatic carbocycles. The van der Waals surface area contributed by atoms with Crippen molar-refractivity contribution in [3.05, 3.63) is 0 Å². The van der Waals surface area contributed by atoms with Gasteiger partial charge in [0, 0.05) is 0 Å². The Balaban J connectivity index is 2.11. The molecule has 0 bridgehead atoms. The van der Waals surface area contributed by atoms with E-state index in [1.807, 2.05) is 0 Å². The SMILES string of the molecule is OCC1O[C@@H](O[C@@H]2C(CO)OC(O)[C@@H](O)C2O)[C@@H](O)C(O)[C@@H]1O. The van der Waals surface area contributed by atoms with Crippen molar-refractivity contribution in [2.45, 2.75) is 61.4 Å². The molecule has 2 saturated heterocycles. The molecule has 2 heterocycles. The lowest BCUT2D eigenvalue weighted by Crippen LogP contribution is -2.64. The lowest BCUT2D eigenvalue weighted by atomic mass is 9.97. The maximum atomic E-state index is 9.94. The fourth-order valence-electron chi connectivity index (χ4n) is 2.57. The zero-order valence-electron chi connectivity index (χ0n) is 12.0. The van der Waals surface area contributed by atoms with Crippen LogP contribution in [0, 0.1) is 0 Å². The molecule has 8 N–H and O–H groups in total. The van der Waals surface area contributed by atoms with Crippen LogP contribution in [0.15, 0.2) is 0 Å². The minimum absolute atomic E-state index is 0.667. The summed E-state index contributed by atoms with van der Waals surface area (Å²) in [6.07, 6.45) is -15.6. The lowest BCUT2D eigenvalue weighted by molar-refractivity contribution is -0.355. The third-order valence-electron chi connectivity index (χ3n) is 3.98. The Morgan fingerprint density at radius 3 is 1.83 bits per heavy atom. The highest BCUT2D eigenvalue weighted by Crippen LogP contribution is 2.28. The van der Waals surface area contributed by atoms with Gasteiger partial charge in [-0.05, 0) is 0 Å². The molecule has 0 amide bonds. The molecule has 0 radical (unpaired) electrons. The van der Waals surface area contributed by atoms with Gasteiger partial charge in [0.05, 0.1) is 13.2 Å². The van der Waals surface area contributed by atoms with Crippen LogP contribution in [0.5, 0.6) is 0 Å². The Hall–Kier alpha value is -0.440. The van der Waals surface area contributed by atoms with Crippen LogP contribution in [-0.4, -0.2) is 115 Å². The molecule has 11 heteroatoms. The first-order valence-electron chi connectivity index (χ1n) is 7.08. The minimum atomic E-state index is -1.74. The van der Waals surface area contributed by atoms with Crippen molar-refractivity contribution in [1.82, 2.24) is 0 Å². The van der Waals surface area contributed by atoms with Gasteiger partial charge in [0.2, 0.25) is 0 Å². The fourth-order valence-corrected chi connectivity index (χ4v) is 2.57. The van der Waals surface area contributed by atoms with E-state index in [1.165, 1.54) is 0 Å². The molecular weight excluding hydrogens is 320 g/mol. The minimum Gasteiger partial charge on any atom is -0.394 e. The van der Waals surface area contributed by atoms with Crippen LogP contribution in [0.1, 0.15) is 0 Å². The van der Waals surface area contributed by atoms with E-state index in [4.69, 9.17) is 19.3 Å². The molecule has 10 atom stereocenters.